The van der Waals surface area contributed by atoms with Crippen LogP contribution in [0.2, 0.25) is 5.02 Å². The van der Waals surface area contributed by atoms with Gasteiger partial charge in [-0.15, -0.1) is 12.4 Å². The van der Waals surface area contributed by atoms with Gasteiger partial charge in [-0.25, -0.2) is 4.39 Å². The number of nitrogens with one attached hydrogen (secondary N) is 1. The summed E-state index contributed by atoms with van der Waals surface area (Å²) in [5.41, 5.74) is 1.52. The second-order valence-electron chi connectivity index (χ2n) is 6.65. The second-order valence-corrected chi connectivity index (χ2v) is 7.02. The quantitative estimate of drug-likeness (QED) is 0.871. The van der Waals surface area contributed by atoms with Gasteiger partial charge in [-0.05, 0) is 24.0 Å². The lowest BCUT2D eigenvalue weighted by Gasteiger charge is -2.43. The first-order chi connectivity index (χ1) is 9.32. The van der Waals surface area contributed by atoms with E-state index in [1.807, 2.05) is 6.92 Å². The number of nitrogens with zero attached hydrogens (tertiary/aromatic N) is 1. The molecule has 0 bridgehead atoms. The van der Waals surface area contributed by atoms with Gasteiger partial charge in [0.2, 0.25) is 0 Å². The predicted octanol–water partition coefficient (Wildman–Crippen LogP) is 4.20. The van der Waals surface area contributed by atoms with Crippen molar-refractivity contribution in [3.8, 4) is 0 Å². The first-order valence-electron chi connectivity index (χ1n) is 7.21. The zero-order valence-corrected chi connectivity index (χ0v) is 14.7. The number of halogens is 3. The van der Waals surface area contributed by atoms with E-state index in [0.717, 1.165) is 31.7 Å². The summed E-state index contributed by atoms with van der Waals surface area (Å²) in [4.78, 5) is 2.35. The molecule has 2 nitrogen and oxygen atoms in total. The maximum atomic E-state index is 14.4. The summed E-state index contributed by atoms with van der Waals surface area (Å²) in [6.07, 6.45) is 0. The molecule has 1 aromatic carbocycles. The SMILES string of the molecule is Cc1ccc(F)c([C@@H](N2CCNCC2)C(C)(C)C)c1Cl.Cl. The highest BCUT2D eigenvalue weighted by Gasteiger charge is 2.36. The Bertz CT molecular complexity index is 480. The monoisotopic (exact) mass is 334 g/mol. The highest BCUT2D eigenvalue weighted by atomic mass is 35.5. The van der Waals surface area contributed by atoms with Crippen LogP contribution in [0.25, 0.3) is 0 Å². The van der Waals surface area contributed by atoms with Crippen molar-refractivity contribution in [2.45, 2.75) is 33.7 Å². The van der Waals surface area contributed by atoms with E-state index in [4.69, 9.17) is 11.6 Å². The van der Waals surface area contributed by atoms with E-state index in [1.54, 1.807) is 6.07 Å². The van der Waals surface area contributed by atoms with Crippen LogP contribution in [0.4, 0.5) is 4.39 Å². The summed E-state index contributed by atoms with van der Waals surface area (Å²) in [7, 11) is 0. The van der Waals surface area contributed by atoms with Crippen LogP contribution in [0.15, 0.2) is 12.1 Å². The zero-order chi connectivity index (χ0) is 14.9. The fourth-order valence-corrected chi connectivity index (χ4v) is 3.29. The van der Waals surface area contributed by atoms with Crippen LogP contribution in [-0.4, -0.2) is 31.1 Å². The van der Waals surface area contributed by atoms with E-state index in [9.17, 15) is 4.39 Å². The van der Waals surface area contributed by atoms with Gasteiger partial charge in [-0.2, -0.15) is 0 Å². The molecule has 0 spiro atoms. The van der Waals surface area contributed by atoms with Crippen molar-refractivity contribution in [1.29, 1.82) is 0 Å². The Morgan fingerprint density at radius 1 is 1.24 bits per heavy atom. The molecule has 0 aromatic heterocycles. The molecule has 1 aliphatic heterocycles. The molecule has 0 saturated carbocycles. The highest BCUT2D eigenvalue weighted by molar-refractivity contribution is 6.32. The molecule has 1 heterocycles. The molecule has 2 rings (SSSR count). The minimum Gasteiger partial charge on any atom is -0.314 e. The van der Waals surface area contributed by atoms with Crippen LogP contribution in [0.1, 0.15) is 37.9 Å². The summed E-state index contributed by atoms with van der Waals surface area (Å²) >= 11 is 6.44. The van der Waals surface area contributed by atoms with Crippen LogP contribution in [0, 0.1) is 18.2 Å². The second kappa shape index (κ2) is 7.28. The molecule has 1 N–H and O–H groups in total. The minimum atomic E-state index is -0.195. The van der Waals surface area contributed by atoms with Gasteiger partial charge in [-0.1, -0.05) is 38.4 Å². The van der Waals surface area contributed by atoms with Crippen LogP contribution in [-0.2, 0) is 0 Å². The third-order valence-electron chi connectivity index (χ3n) is 3.93. The van der Waals surface area contributed by atoms with Gasteiger partial charge < -0.3 is 5.32 Å². The van der Waals surface area contributed by atoms with Gasteiger partial charge in [0, 0.05) is 37.8 Å². The summed E-state index contributed by atoms with van der Waals surface area (Å²) in [5.74, 6) is -0.195. The molecule has 120 valence electrons. The average Bonchev–Trinajstić information content (AvgIpc) is 2.39. The number of benzene rings is 1. The highest BCUT2D eigenvalue weighted by Crippen LogP contribution is 2.43. The van der Waals surface area contributed by atoms with Crippen molar-refractivity contribution < 1.29 is 4.39 Å². The molecule has 1 aliphatic rings. The maximum Gasteiger partial charge on any atom is 0.129 e. The Kier molecular flexibility index (Phi) is 6.48. The van der Waals surface area contributed by atoms with Gasteiger partial charge in [0.05, 0.1) is 5.02 Å². The van der Waals surface area contributed by atoms with E-state index in [0.29, 0.717) is 10.6 Å². The van der Waals surface area contributed by atoms with Crippen LogP contribution >= 0.6 is 24.0 Å². The normalized spacial score (nSPS) is 18.2. The lowest BCUT2D eigenvalue weighted by molar-refractivity contribution is 0.0835. The van der Waals surface area contributed by atoms with Crippen molar-refractivity contribution in [2.24, 2.45) is 5.41 Å². The molecule has 1 aromatic rings. The Morgan fingerprint density at radius 2 is 1.81 bits per heavy atom. The fourth-order valence-electron chi connectivity index (χ4n) is 3.03. The van der Waals surface area contributed by atoms with Gasteiger partial charge >= 0.3 is 0 Å². The molecule has 1 saturated heterocycles. The zero-order valence-electron chi connectivity index (χ0n) is 13.2. The summed E-state index contributed by atoms with van der Waals surface area (Å²) < 4.78 is 14.4. The van der Waals surface area contributed by atoms with E-state index in [1.165, 1.54) is 6.07 Å². The van der Waals surface area contributed by atoms with E-state index < -0.39 is 0 Å². The van der Waals surface area contributed by atoms with Crippen LogP contribution < -0.4 is 5.32 Å². The fraction of sp³-hybridized carbons (Fsp3) is 0.625. The lowest BCUT2D eigenvalue weighted by atomic mass is 9.80. The van der Waals surface area contributed by atoms with Crippen molar-refractivity contribution in [3.05, 3.63) is 34.1 Å². The molecule has 1 fully saturated rings. The molecule has 0 unspecified atom stereocenters. The molecule has 0 radical (unpaired) electrons. The van der Waals surface area contributed by atoms with Gasteiger partial charge in [0.1, 0.15) is 5.82 Å². The van der Waals surface area contributed by atoms with Gasteiger partial charge in [0.15, 0.2) is 0 Å². The molecule has 0 amide bonds. The molecular weight excluding hydrogens is 310 g/mol. The number of aryl methyl sites for hydroxylation is 1. The van der Waals surface area contributed by atoms with Crippen molar-refractivity contribution in [2.75, 3.05) is 26.2 Å². The number of piperazine rings is 1. The third kappa shape index (κ3) is 4.10. The number of rotatable bonds is 2. The Balaban J connectivity index is 0.00000220. The lowest BCUT2D eigenvalue weighted by Crippen LogP contribution is -2.48. The first kappa shape index (κ1) is 18.7. The van der Waals surface area contributed by atoms with Crippen molar-refractivity contribution in [1.82, 2.24) is 10.2 Å². The molecule has 1 atom stereocenters. The average molecular weight is 335 g/mol. The van der Waals surface area contributed by atoms with E-state index in [2.05, 4.69) is 31.0 Å². The summed E-state index contributed by atoms with van der Waals surface area (Å²) in [5, 5.41) is 3.92. The molecule has 5 heteroatoms. The van der Waals surface area contributed by atoms with Gasteiger partial charge in [-0.3, -0.25) is 4.90 Å². The van der Waals surface area contributed by atoms with Crippen molar-refractivity contribution >= 4 is 24.0 Å². The maximum absolute atomic E-state index is 14.4. The topological polar surface area (TPSA) is 15.3 Å². The molecule has 21 heavy (non-hydrogen) atoms. The smallest absolute Gasteiger partial charge is 0.129 e. The molecule has 0 aliphatic carbocycles. The minimum absolute atomic E-state index is 0. The third-order valence-corrected chi connectivity index (χ3v) is 4.43. The van der Waals surface area contributed by atoms with E-state index >= 15 is 0 Å². The van der Waals surface area contributed by atoms with E-state index in [-0.39, 0.29) is 29.7 Å². The summed E-state index contributed by atoms with van der Waals surface area (Å²) in [6, 6.07) is 3.29. The molecular formula is C16H25Cl2FN2. The number of hydrogen-bond donors (Lipinski definition) is 1. The largest absolute Gasteiger partial charge is 0.314 e. The standard InChI is InChI=1S/C16H24ClFN2.ClH/c1-11-5-6-12(18)13(14(11)17)15(16(2,3)4)20-9-7-19-8-10-20;/h5-6,15,19H,7-10H2,1-4H3;1H/t15-;/m1./s1. The first-order valence-corrected chi connectivity index (χ1v) is 7.59. The van der Waals surface area contributed by atoms with Gasteiger partial charge in [0.25, 0.3) is 0 Å². The van der Waals surface area contributed by atoms with Crippen molar-refractivity contribution in [3.63, 3.8) is 0 Å². The van der Waals surface area contributed by atoms with Crippen LogP contribution in [0.5, 0.6) is 0 Å². The Morgan fingerprint density at radius 3 is 2.33 bits per heavy atom. The van der Waals surface area contributed by atoms with Crippen LogP contribution in [0.3, 0.4) is 0 Å². The Hall–Kier alpha value is -0.350. The summed E-state index contributed by atoms with van der Waals surface area (Å²) in [6.45, 7) is 12.1. The number of hydrogen-bond acceptors (Lipinski definition) is 2. The Labute approximate surface area is 138 Å². The predicted molar refractivity (Wildman–Crippen MR) is 90.0 cm³/mol.